The fourth-order valence-electron chi connectivity index (χ4n) is 1.68. The maximum absolute atomic E-state index is 12.0. The number of carbonyl (C=O) groups excluding carboxylic acids is 1. The molecule has 7 heteroatoms. The van der Waals surface area contributed by atoms with Crippen LogP contribution in [-0.2, 0) is 6.42 Å². The summed E-state index contributed by atoms with van der Waals surface area (Å²) in [4.78, 5) is 16.1. The molecule has 2 rings (SSSR count). The number of H-pyrrole nitrogens is 1. The number of halogens is 2. The van der Waals surface area contributed by atoms with Crippen molar-refractivity contribution in [3.63, 3.8) is 0 Å². The predicted molar refractivity (Wildman–Crippen MR) is 78.1 cm³/mol. The molecule has 0 aliphatic rings. The van der Waals surface area contributed by atoms with Crippen molar-refractivity contribution in [2.75, 3.05) is 0 Å². The van der Waals surface area contributed by atoms with E-state index in [1.807, 2.05) is 19.9 Å². The first-order chi connectivity index (χ1) is 9.51. The van der Waals surface area contributed by atoms with E-state index in [2.05, 4.69) is 20.5 Å². The Bertz CT molecular complexity index is 627. The average Bonchev–Trinajstić information content (AvgIpc) is 2.90. The van der Waals surface area contributed by atoms with Gasteiger partial charge in [-0.25, -0.2) is 4.98 Å². The molecule has 20 heavy (non-hydrogen) atoms. The van der Waals surface area contributed by atoms with Gasteiger partial charge in [0.05, 0.1) is 16.1 Å². The summed E-state index contributed by atoms with van der Waals surface area (Å²) in [7, 11) is 0. The Labute approximate surface area is 126 Å². The molecule has 0 radical (unpaired) electrons. The average molecular weight is 313 g/mol. The van der Waals surface area contributed by atoms with E-state index in [9.17, 15) is 4.79 Å². The van der Waals surface area contributed by atoms with E-state index in [1.165, 1.54) is 0 Å². The topological polar surface area (TPSA) is 70.7 Å². The number of carbonyl (C=O) groups is 1. The molecule has 0 saturated heterocycles. The lowest BCUT2D eigenvalue weighted by molar-refractivity contribution is 0.0929. The molecule has 1 aromatic heterocycles. The number of aromatic nitrogens is 3. The van der Waals surface area contributed by atoms with Crippen LogP contribution in [0.15, 0.2) is 18.2 Å². The van der Waals surface area contributed by atoms with Crippen molar-refractivity contribution in [1.29, 1.82) is 0 Å². The van der Waals surface area contributed by atoms with Crippen LogP contribution in [-0.4, -0.2) is 21.1 Å². The molecule has 106 valence electrons. The molecule has 0 bridgehead atoms. The quantitative estimate of drug-likeness (QED) is 0.911. The van der Waals surface area contributed by atoms with E-state index in [4.69, 9.17) is 23.2 Å². The van der Waals surface area contributed by atoms with Crippen LogP contribution in [0.5, 0.6) is 0 Å². The third-order valence-corrected chi connectivity index (χ3v) is 3.60. The standard InChI is InChI=1S/C13H14Cl2N4O/c1-3-11-17-12(19-18-11)13(20)16-7(2)8-4-5-9(14)10(15)6-8/h4-7H,3H2,1-2H3,(H,16,20)(H,17,18,19). The fourth-order valence-corrected chi connectivity index (χ4v) is 1.99. The fraction of sp³-hybridized carbons (Fsp3) is 0.308. The van der Waals surface area contributed by atoms with Gasteiger partial charge in [0.25, 0.3) is 5.91 Å². The van der Waals surface area contributed by atoms with Crippen molar-refractivity contribution in [2.24, 2.45) is 0 Å². The largest absolute Gasteiger partial charge is 0.343 e. The Morgan fingerprint density at radius 3 is 2.75 bits per heavy atom. The Morgan fingerprint density at radius 2 is 2.15 bits per heavy atom. The summed E-state index contributed by atoms with van der Waals surface area (Å²) in [5.41, 5.74) is 0.860. The van der Waals surface area contributed by atoms with Gasteiger partial charge in [-0.2, -0.15) is 0 Å². The van der Waals surface area contributed by atoms with Gasteiger partial charge in [0.1, 0.15) is 5.82 Å². The van der Waals surface area contributed by atoms with Crippen LogP contribution in [0.3, 0.4) is 0 Å². The molecule has 2 N–H and O–H groups in total. The minimum atomic E-state index is -0.334. The van der Waals surface area contributed by atoms with Crippen molar-refractivity contribution in [2.45, 2.75) is 26.3 Å². The molecule has 0 aliphatic heterocycles. The monoisotopic (exact) mass is 312 g/mol. The van der Waals surface area contributed by atoms with Gasteiger partial charge in [0.2, 0.25) is 5.82 Å². The highest BCUT2D eigenvalue weighted by atomic mass is 35.5. The van der Waals surface area contributed by atoms with E-state index in [0.717, 1.165) is 5.56 Å². The zero-order valence-corrected chi connectivity index (χ0v) is 12.6. The first kappa shape index (κ1) is 14.8. The summed E-state index contributed by atoms with van der Waals surface area (Å²) in [6.45, 7) is 3.78. The van der Waals surface area contributed by atoms with Crippen LogP contribution >= 0.6 is 23.2 Å². The van der Waals surface area contributed by atoms with Crippen molar-refractivity contribution >= 4 is 29.1 Å². The highest BCUT2D eigenvalue weighted by molar-refractivity contribution is 6.42. The normalized spacial score (nSPS) is 12.2. The first-order valence-electron chi connectivity index (χ1n) is 6.18. The number of nitrogens with one attached hydrogen (secondary N) is 2. The zero-order chi connectivity index (χ0) is 14.7. The molecule has 5 nitrogen and oxygen atoms in total. The van der Waals surface area contributed by atoms with E-state index in [0.29, 0.717) is 22.3 Å². The number of nitrogens with zero attached hydrogens (tertiary/aromatic N) is 2. The molecule has 1 heterocycles. The van der Waals surface area contributed by atoms with Crippen molar-refractivity contribution in [1.82, 2.24) is 20.5 Å². The smallest absolute Gasteiger partial charge is 0.291 e. The molecule has 0 fully saturated rings. The molecule has 0 aliphatic carbocycles. The molecule has 0 saturated carbocycles. The molecule has 1 amide bonds. The highest BCUT2D eigenvalue weighted by Gasteiger charge is 2.16. The second-order valence-corrected chi connectivity index (χ2v) is 5.14. The van der Waals surface area contributed by atoms with E-state index >= 15 is 0 Å². The Morgan fingerprint density at radius 1 is 1.40 bits per heavy atom. The molecular weight excluding hydrogens is 299 g/mol. The summed E-state index contributed by atoms with van der Waals surface area (Å²) in [5, 5.41) is 10.3. The van der Waals surface area contributed by atoms with E-state index < -0.39 is 0 Å². The molecule has 1 atom stereocenters. The van der Waals surface area contributed by atoms with Gasteiger partial charge in [-0.05, 0) is 24.6 Å². The summed E-state index contributed by atoms with van der Waals surface area (Å²) >= 11 is 11.8. The predicted octanol–water partition coefficient (Wildman–Crippen LogP) is 3.16. The summed E-state index contributed by atoms with van der Waals surface area (Å²) in [6.07, 6.45) is 0.697. The van der Waals surface area contributed by atoms with Crippen LogP contribution < -0.4 is 5.32 Å². The third kappa shape index (κ3) is 3.29. The SMILES string of the molecule is CCc1nc(C(=O)NC(C)c2ccc(Cl)c(Cl)c2)n[nH]1. The second kappa shape index (κ2) is 6.24. The lowest BCUT2D eigenvalue weighted by Gasteiger charge is -2.13. The summed E-state index contributed by atoms with van der Waals surface area (Å²) < 4.78 is 0. The number of aryl methyl sites for hydroxylation is 1. The van der Waals surface area contributed by atoms with Gasteiger partial charge in [0.15, 0.2) is 0 Å². The number of amides is 1. The molecule has 2 aromatic rings. The number of hydrogen-bond donors (Lipinski definition) is 2. The van der Waals surface area contributed by atoms with Crippen LogP contribution in [0.2, 0.25) is 10.0 Å². The van der Waals surface area contributed by atoms with Gasteiger partial charge in [-0.1, -0.05) is 36.2 Å². The Balaban J connectivity index is 2.08. The van der Waals surface area contributed by atoms with Gasteiger partial charge in [0, 0.05) is 6.42 Å². The molecular formula is C13H14Cl2N4O. The van der Waals surface area contributed by atoms with E-state index in [1.54, 1.807) is 12.1 Å². The Kier molecular flexibility index (Phi) is 4.62. The summed E-state index contributed by atoms with van der Waals surface area (Å²) in [6, 6.07) is 5.02. The zero-order valence-electron chi connectivity index (χ0n) is 11.1. The minimum absolute atomic E-state index is 0.133. The molecule has 1 aromatic carbocycles. The molecule has 1 unspecified atom stereocenters. The van der Waals surface area contributed by atoms with Gasteiger partial charge >= 0.3 is 0 Å². The van der Waals surface area contributed by atoms with Crippen molar-refractivity contribution < 1.29 is 4.79 Å². The third-order valence-electron chi connectivity index (χ3n) is 2.86. The molecule has 0 spiro atoms. The number of benzene rings is 1. The maximum atomic E-state index is 12.0. The van der Waals surface area contributed by atoms with E-state index in [-0.39, 0.29) is 17.8 Å². The van der Waals surface area contributed by atoms with Crippen LogP contribution in [0.4, 0.5) is 0 Å². The Hall–Kier alpha value is -1.59. The summed E-state index contributed by atoms with van der Waals surface area (Å²) in [5.74, 6) is 0.477. The van der Waals surface area contributed by atoms with Gasteiger partial charge in [-0.15, -0.1) is 5.10 Å². The minimum Gasteiger partial charge on any atom is -0.343 e. The van der Waals surface area contributed by atoms with Crippen LogP contribution in [0.25, 0.3) is 0 Å². The van der Waals surface area contributed by atoms with Crippen molar-refractivity contribution in [3.05, 3.63) is 45.5 Å². The second-order valence-electron chi connectivity index (χ2n) is 4.33. The number of aromatic amines is 1. The lowest BCUT2D eigenvalue weighted by Crippen LogP contribution is -2.27. The number of rotatable bonds is 4. The van der Waals surface area contributed by atoms with Crippen LogP contribution in [0, 0.1) is 0 Å². The lowest BCUT2D eigenvalue weighted by atomic mass is 10.1. The maximum Gasteiger partial charge on any atom is 0.291 e. The highest BCUT2D eigenvalue weighted by Crippen LogP contribution is 2.25. The van der Waals surface area contributed by atoms with Crippen LogP contribution in [0.1, 0.15) is 41.9 Å². The van der Waals surface area contributed by atoms with Gasteiger partial charge in [-0.3, -0.25) is 9.89 Å². The van der Waals surface area contributed by atoms with Crippen molar-refractivity contribution in [3.8, 4) is 0 Å². The first-order valence-corrected chi connectivity index (χ1v) is 6.94. The number of hydrogen-bond acceptors (Lipinski definition) is 3. The van der Waals surface area contributed by atoms with Gasteiger partial charge < -0.3 is 5.32 Å².